The minimum atomic E-state index is -0.0852. The van der Waals surface area contributed by atoms with Crippen LogP contribution in [0.1, 0.15) is 25.0 Å². The Bertz CT molecular complexity index is 3140. The molecule has 0 saturated carbocycles. The van der Waals surface area contributed by atoms with E-state index in [1.54, 1.807) is 0 Å². The van der Waals surface area contributed by atoms with Crippen molar-refractivity contribution in [3.63, 3.8) is 0 Å². The Morgan fingerprint density at radius 3 is 1.81 bits per heavy atom. The zero-order valence-electron chi connectivity index (χ0n) is 31.9. The van der Waals surface area contributed by atoms with E-state index in [4.69, 9.17) is 0 Å². The molecule has 9 aromatic carbocycles. The van der Waals surface area contributed by atoms with E-state index in [2.05, 4.69) is 219 Å². The molecule has 0 aliphatic heterocycles. The number of thiophene rings is 1. The minimum absolute atomic E-state index is 0.0852. The van der Waals surface area contributed by atoms with Gasteiger partial charge >= 0.3 is 0 Å². The van der Waals surface area contributed by atoms with Crippen LogP contribution < -0.4 is 4.90 Å². The molecule has 0 amide bonds. The summed E-state index contributed by atoms with van der Waals surface area (Å²) in [6.07, 6.45) is 0. The topological polar surface area (TPSA) is 3.24 Å². The predicted molar refractivity (Wildman–Crippen MR) is 245 cm³/mol. The summed E-state index contributed by atoms with van der Waals surface area (Å²) in [6, 6.07) is 73.8. The molecule has 0 atom stereocenters. The zero-order chi connectivity index (χ0) is 38.1. The largest absolute Gasteiger partial charge is 0.310 e. The molecule has 0 spiro atoms. The van der Waals surface area contributed by atoms with Gasteiger partial charge in [0.1, 0.15) is 0 Å². The lowest BCUT2D eigenvalue weighted by atomic mass is 9.79. The summed E-state index contributed by atoms with van der Waals surface area (Å²) in [5, 5.41) is 5.15. The molecule has 10 aromatic rings. The van der Waals surface area contributed by atoms with Crippen LogP contribution in [0.3, 0.4) is 0 Å². The van der Waals surface area contributed by atoms with Gasteiger partial charge in [-0.25, -0.2) is 0 Å². The molecule has 0 radical (unpaired) electrons. The van der Waals surface area contributed by atoms with Crippen LogP contribution in [0, 0.1) is 0 Å². The molecule has 1 aromatic heterocycles. The number of hydrogen-bond acceptors (Lipinski definition) is 2. The third kappa shape index (κ3) is 5.51. The van der Waals surface area contributed by atoms with Crippen LogP contribution >= 0.6 is 11.3 Å². The fourth-order valence-corrected chi connectivity index (χ4v) is 10.4. The number of rotatable bonds is 6. The Morgan fingerprint density at radius 2 is 0.965 bits per heavy atom. The maximum Gasteiger partial charge on any atom is 0.0467 e. The molecule has 11 rings (SSSR count). The van der Waals surface area contributed by atoms with E-state index in [0.717, 1.165) is 17.1 Å². The molecule has 0 bridgehead atoms. The highest BCUT2D eigenvalue weighted by molar-refractivity contribution is 7.25. The second-order valence-corrected chi connectivity index (χ2v) is 16.8. The number of nitrogens with zero attached hydrogens (tertiary/aromatic N) is 1. The van der Waals surface area contributed by atoms with Gasteiger partial charge in [0.2, 0.25) is 0 Å². The number of anilines is 3. The lowest BCUT2D eigenvalue weighted by Gasteiger charge is -2.27. The van der Waals surface area contributed by atoms with Gasteiger partial charge in [-0.2, -0.15) is 0 Å². The molecule has 1 aliphatic rings. The van der Waals surface area contributed by atoms with Gasteiger partial charge in [-0.1, -0.05) is 159 Å². The Morgan fingerprint density at radius 1 is 0.368 bits per heavy atom. The monoisotopic (exact) mass is 745 g/mol. The molecular formula is C55H39NS. The van der Waals surface area contributed by atoms with Crippen molar-refractivity contribution in [2.45, 2.75) is 19.3 Å². The van der Waals surface area contributed by atoms with Gasteiger partial charge < -0.3 is 4.90 Å². The molecule has 2 heteroatoms. The fraction of sp³-hybridized carbons (Fsp3) is 0.0545. The first-order valence-electron chi connectivity index (χ1n) is 19.8. The van der Waals surface area contributed by atoms with Crippen molar-refractivity contribution in [3.8, 4) is 44.5 Å². The lowest BCUT2D eigenvalue weighted by molar-refractivity contribution is 0.662. The Balaban J connectivity index is 1.02. The minimum Gasteiger partial charge on any atom is -0.310 e. The fourth-order valence-electron chi connectivity index (χ4n) is 9.32. The molecule has 0 unspecified atom stereocenters. The number of benzene rings is 9. The van der Waals surface area contributed by atoms with E-state index >= 15 is 0 Å². The highest BCUT2D eigenvalue weighted by atomic mass is 32.1. The van der Waals surface area contributed by atoms with Gasteiger partial charge in [-0.15, -0.1) is 11.3 Å². The Kier molecular flexibility index (Phi) is 7.77. The SMILES string of the molecule is CC1(C)c2ccccc2-c2cccc(-c3ccc(N(c4ccc(-c5ccc6sc7ccccc7c6c5)cc4)c4cccc(-c5cccc6ccccc56)c4)cc3)c21. The molecule has 1 aliphatic carbocycles. The van der Waals surface area contributed by atoms with E-state index in [9.17, 15) is 0 Å². The summed E-state index contributed by atoms with van der Waals surface area (Å²) < 4.78 is 2.66. The zero-order valence-corrected chi connectivity index (χ0v) is 32.7. The maximum atomic E-state index is 2.40. The Hall–Kier alpha value is -6.74. The van der Waals surface area contributed by atoms with Crippen LogP contribution in [0.5, 0.6) is 0 Å². The van der Waals surface area contributed by atoms with Crippen molar-refractivity contribution in [3.05, 3.63) is 211 Å². The summed E-state index contributed by atoms with van der Waals surface area (Å²) >= 11 is 1.86. The van der Waals surface area contributed by atoms with E-state index in [-0.39, 0.29) is 5.41 Å². The maximum absolute atomic E-state index is 2.40. The lowest BCUT2D eigenvalue weighted by Crippen LogP contribution is -2.16. The first-order chi connectivity index (χ1) is 28.0. The van der Waals surface area contributed by atoms with Crippen molar-refractivity contribution in [2.24, 2.45) is 0 Å². The van der Waals surface area contributed by atoms with Crippen LogP contribution in [0.25, 0.3) is 75.5 Å². The summed E-state index contributed by atoms with van der Waals surface area (Å²) in [7, 11) is 0. The third-order valence-electron chi connectivity index (χ3n) is 12.1. The van der Waals surface area contributed by atoms with E-state index < -0.39 is 0 Å². The van der Waals surface area contributed by atoms with Gasteiger partial charge in [0.25, 0.3) is 0 Å². The van der Waals surface area contributed by atoms with Crippen molar-refractivity contribution in [1.29, 1.82) is 0 Å². The second-order valence-electron chi connectivity index (χ2n) is 15.7. The molecule has 1 nitrogen and oxygen atoms in total. The summed E-state index contributed by atoms with van der Waals surface area (Å²) in [4.78, 5) is 2.40. The van der Waals surface area contributed by atoms with Crippen LogP contribution in [0.15, 0.2) is 200 Å². The highest BCUT2D eigenvalue weighted by Crippen LogP contribution is 2.52. The van der Waals surface area contributed by atoms with E-state index in [1.165, 1.54) is 86.6 Å². The van der Waals surface area contributed by atoms with Crippen molar-refractivity contribution in [1.82, 2.24) is 0 Å². The van der Waals surface area contributed by atoms with Crippen LogP contribution in [-0.2, 0) is 5.41 Å². The molecule has 0 saturated heterocycles. The van der Waals surface area contributed by atoms with Gasteiger partial charge in [0, 0.05) is 42.6 Å². The number of fused-ring (bicyclic) bond motifs is 7. The highest BCUT2D eigenvalue weighted by Gasteiger charge is 2.37. The standard InChI is InChI=1S/C55H39NS/c1-55(2)51-22-7-5-17-47(51)49-21-11-20-46(54(49)55)38-26-31-42(32-27-38)56(43-15-9-14-40(34-43)45-19-10-13-37-12-3-4-16-44(37)45)41-29-24-36(25-30-41)39-28-33-53-50(35-39)48-18-6-8-23-52(48)57-53/h3-35H,1-2H3. The van der Waals surface area contributed by atoms with Gasteiger partial charge in [0.15, 0.2) is 0 Å². The van der Waals surface area contributed by atoms with Crippen molar-refractivity contribution in [2.75, 3.05) is 4.90 Å². The quantitative estimate of drug-likeness (QED) is 0.164. The molecule has 1 heterocycles. The Labute approximate surface area is 337 Å². The second kappa shape index (κ2) is 13.2. The van der Waals surface area contributed by atoms with Crippen molar-refractivity contribution < 1.29 is 0 Å². The average Bonchev–Trinajstić information content (AvgIpc) is 3.75. The first-order valence-corrected chi connectivity index (χ1v) is 20.6. The normalized spacial score (nSPS) is 12.9. The van der Waals surface area contributed by atoms with E-state index in [0.29, 0.717) is 0 Å². The average molecular weight is 746 g/mol. The molecule has 0 N–H and O–H groups in total. The summed E-state index contributed by atoms with van der Waals surface area (Å²) in [6.45, 7) is 4.73. The van der Waals surface area contributed by atoms with Gasteiger partial charge in [0.05, 0.1) is 0 Å². The molecule has 57 heavy (non-hydrogen) atoms. The van der Waals surface area contributed by atoms with Crippen LogP contribution in [0.2, 0.25) is 0 Å². The molecular weight excluding hydrogens is 707 g/mol. The first kappa shape index (κ1) is 33.6. The van der Waals surface area contributed by atoms with E-state index in [1.807, 2.05) is 11.3 Å². The third-order valence-corrected chi connectivity index (χ3v) is 13.2. The van der Waals surface area contributed by atoms with Gasteiger partial charge in [-0.05, 0) is 121 Å². The van der Waals surface area contributed by atoms with Gasteiger partial charge in [-0.3, -0.25) is 0 Å². The van der Waals surface area contributed by atoms with Crippen LogP contribution in [0.4, 0.5) is 17.1 Å². The smallest absolute Gasteiger partial charge is 0.0467 e. The predicted octanol–water partition coefficient (Wildman–Crippen LogP) is 16.0. The molecule has 0 fully saturated rings. The van der Waals surface area contributed by atoms with Crippen LogP contribution in [-0.4, -0.2) is 0 Å². The number of hydrogen-bond donors (Lipinski definition) is 0. The molecule has 270 valence electrons. The summed E-state index contributed by atoms with van der Waals surface area (Å²) in [5.41, 5.74) is 16.1. The summed E-state index contributed by atoms with van der Waals surface area (Å²) in [5.74, 6) is 0. The van der Waals surface area contributed by atoms with Crippen molar-refractivity contribution >= 4 is 59.3 Å².